The van der Waals surface area contributed by atoms with Crippen LogP contribution in [0.5, 0.6) is 0 Å². The fourth-order valence-corrected chi connectivity index (χ4v) is 2.91. The van der Waals surface area contributed by atoms with Crippen molar-refractivity contribution >= 4 is 17.3 Å². The zero-order chi connectivity index (χ0) is 15.5. The number of nitro benzene ring substituents is 1. The number of hydrogen-bond donors (Lipinski definition) is 2. The van der Waals surface area contributed by atoms with Crippen LogP contribution in [0.2, 0.25) is 0 Å². The van der Waals surface area contributed by atoms with Gasteiger partial charge in [-0.25, -0.2) is 0 Å². The fourth-order valence-electron chi connectivity index (χ4n) is 2.91. The summed E-state index contributed by atoms with van der Waals surface area (Å²) < 4.78 is 0. The maximum Gasteiger partial charge on any atom is 0.293 e. The molecular formula is C16H21N3O3. The van der Waals surface area contributed by atoms with Crippen molar-refractivity contribution in [3.8, 4) is 0 Å². The highest BCUT2D eigenvalue weighted by molar-refractivity contribution is 5.96. The number of hydrogen-bond acceptors (Lipinski definition) is 4. The number of nitrogens with zero attached hydrogens (tertiary/aromatic N) is 1. The molecule has 1 aromatic rings. The summed E-state index contributed by atoms with van der Waals surface area (Å²) in [7, 11) is 0. The highest BCUT2D eigenvalue weighted by Crippen LogP contribution is 2.31. The van der Waals surface area contributed by atoms with Gasteiger partial charge in [0, 0.05) is 23.7 Å². The van der Waals surface area contributed by atoms with Gasteiger partial charge in [-0.1, -0.05) is 19.3 Å². The van der Waals surface area contributed by atoms with Gasteiger partial charge in [-0.2, -0.15) is 0 Å². The molecule has 2 aliphatic rings. The van der Waals surface area contributed by atoms with Crippen molar-refractivity contribution in [3.63, 3.8) is 0 Å². The summed E-state index contributed by atoms with van der Waals surface area (Å²) in [6, 6.07) is 5.22. The van der Waals surface area contributed by atoms with E-state index in [1.54, 1.807) is 12.1 Å². The van der Waals surface area contributed by atoms with Gasteiger partial charge in [-0.05, 0) is 37.8 Å². The Morgan fingerprint density at radius 3 is 2.45 bits per heavy atom. The van der Waals surface area contributed by atoms with Crippen molar-refractivity contribution in [3.05, 3.63) is 33.9 Å². The fraction of sp³-hybridized carbons (Fsp3) is 0.562. The molecule has 0 heterocycles. The van der Waals surface area contributed by atoms with Gasteiger partial charge in [0.05, 0.1) is 4.92 Å². The summed E-state index contributed by atoms with van der Waals surface area (Å²) in [5, 5.41) is 17.4. The SMILES string of the molecule is O=C(NC1CCCCC1)c1ccc(NC2CC2)c([N+](=O)[O-])c1. The average Bonchev–Trinajstić information content (AvgIpc) is 3.32. The molecule has 2 aliphatic carbocycles. The molecule has 22 heavy (non-hydrogen) atoms. The first kappa shape index (κ1) is 14.8. The Kier molecular flexibility index (Phi) is 4.27. The van der Waals surface area contributed by atoms with Gasteiger partial charge in [-0.15, -0.1) is 0 Å². The molecule has 0 unspecified atom stereocenters. The molecule has 0 atom stereocenters. The Morgan fingerprint density at radius 1 is 1.09 bits per heavy atom. The van der Waals surface area contributed by atoms with Crippen molar-refractivity contribution in [2.24, 2.45) is 0 Å². The minimum atomic E-state index is -0.428. The summed E-state index contributed by atoms with van der Waals surface area (Å²) in [6.07, 6.45) is 7.57. The van der Waals surface area contributed by atoms with E-state index in [1.807, 2.05) is 0 Å². The molecule has 2 fully saturated rings. The van der Waals surface area contributed by atoms with Crippen molar-refractivity contribution < 1.29 is 9.72 Å². The van der Waals surface area contributed by atoms with E-state index in [1.165, 1.54) is 12.5 Å². The van der Waals surface area contributed by atoms with Gasteiger partial charge in [0.1, 0.15) is 5.69 Å². The number of rotatable bonds is 5. The van der Waals surface area contributed by atoms with E-state index in [0.717, 1.165) is 38.5 Å². The second-order valence-corrected chi connectivity index (χ2v) is 6.22. The molecule has 3 rings (SSSR count). The van der Waals surface area contributed by atoms with Crippen molar-refractivity contribution in [2.45, 2.75) is 57.0 Å². The zero-order valence-corrected chi connectivity index (χ0v) is 12.5. The van der Waals surface area contributed by atoms with Crippen LogP contribution in [0.3, 0.4) is 0 Å². The third-order valence-corrected chi connectivity index (χ3v) is 4.33. The number of benzene rings is 1. The third kappa shape index (κ3) is 3.55. The normalized spacial score (nSPS) is 18.7. The van der Waals surface area contributed by atoms with Crippen LogP contribution in [-0.4, -0.2) is 22.9 Å². The van der Waals surface area contributed by atoms with Crippen LogP contribution < -0.4 is 10.6 Å². The quantitative estimate of drug-likeness (QED) is 0.646. The zero-order valence-electron chi connectivity index (χ0n) is 12.5. The number of nitro groups is 1. The first-order valence-electron chi connectivity index (χ1n) is 7.99. The van der Waals surface area contributed by atoms with E-state index in [0.29, 0.717) is 17.3 Å². The molecule has 6 heteroatoms. The number of anilines is 1. The molecule has 0 aliphatic heterocycles. The van der Waals surface area contributed by atoms with E-state index in [9.17, 15) is 14.9 Å². The molecular weight excluding hydrogens is 282 g/mol. The molecule has 118 valence electrons. The summed E-state index contributed by atoms with van der Waals surface area (Å²) in [5.74, 6) is -0.215. The molecule has 0 bridgehead atoms. The largest absolute Gasteiger partial charge is 0.377 e. The minimum Gasteiger partial charge on any atom is -0.377 e. The maximum atomic E-state index is 12.3. The smallest absolute Gasteiger partial charge is 0.293 e. The van der Waals surface area contributed by atoms with Gasteiger partial charge in [0.25, 0.3) is 11.6 Å². The van der Waals surface area contributed by atoms with E-state index in [4.69, 9.17) is 0 Å². The average molecular weight is 303 g/mol. The lowest BCUT2D eigenvalue weighted by Gasteiger charge is -2.22. The van der Waals surface area contributed by atoms with Crippen LogP contribution in [0, 0.1) is 10.1 Å². The number of amides is 1. The molecule has 6 nitrogen and oxygen atoms in total. The van der Waals surface area contributed by atoms with Crippen LogP contribution in [-0.2, 0) is 0 Å². The number of carbonyl (C=O) groups is 1. The van der Waals surface area contributed by atoms with Gasteiger partial charge >= 0.3 is 0 Å². The summed E-state index contributed by atoms with van der Waals surface area (Å²) in [6.45, 7) is 0. The first-order chi connectivity index (χ1) is 10.6. The Morgan fingerprint density at radius 2 is 1.82 bits per heavy atom. The van der Waals surface area contributed by atoms with E-state index in [-0.39, 0.29) is 17.6 Å². The molecule has 1 aromatic carbocycles. The predicted octanol–water partition coefficient (Wildman–Crippen LogP) is 3.23. The molecule has 0 aromatic heterocycles. The summed E-state index contributed by atoms with van der Waals surface area (Å²) >= 11 is 0. The second kappa shape index (κ2) is 6.34. The van der Waals surface area contributed by atoms with Crippen molar-refractivity contribution in [2.75, 3.05) is 5.32 Å². The Labute approximate surface area is 129 Å². The van der Waals surface area contributed by atoms with E-state index >= 15 is 0 Å². The van der Waals surface area contributed by atoms with Gasteiger partial charge in [0.15, 0.2) is 0 Å². The number of nitrogens with one attached hydrogen (secondary N) is 2. The topological polar surface area (TPSA) is 84.3 Å². The lowest BCUT2D eigenvalue weighted by atomic mass is 9.95. The summed E-state index contributed by atoms with van der Waals surface area (Å²) in [5.41, 5.74) is 0.837. The molecule has 2 N–H and O–H groups in total. The molecule has 0 radical (unpaired) electrons. The van der Waals surface area contributed by atoms with E-state index in [2.05, 4.69) is 10.6 Å². The second-order valence-electron chi connectivity index (χ2n) is 6.22. The maximum absolute atomic E-state index is 12.3. The van der Waals surface area contributed by atoms with E-state index < -0.39 is 4.92 Å². The van der Waals surface area contributed by atoms with Crippen LogP contribution in [0.15, 0.2) is 18.2 Å². The van der Waals surface area contributed by atoms with Gasteiger partial charge in [0.2, 0.25) is 0 Å². The van der Waals surface area contributed by atoms with Crippen LogP contribution in [0.4, 0.5) is 11.4 Å². The third-order valence-electron chi connectivity index (χ3n) is 4.33. The summed E-state index contributed by atoms with van der Waals surface area (Å²) in [4.78, 5) is 23.1. The highest BCUT2D eigenvalue weighted by Gasteiger charge is 2.26. The minimum absolute atomic E-state index is 0.0248. The van der Waals surface area contributed by atoms with Gasteiger partial charge in [-0.3, -0.25) is 14.9 Å². The Bertz CT molecular complexity index is 578. The van der Waals surface area contributed by atoms with Crippen LogP contribution in [0.25, 0.3) is 0 Å². The molecule has 0 saturated heterocycles. The van der Waals surface area contributed by atoms with Crippen LogP contribution >= 0.6 is 0 Å². The lowest BCUT2D eigenvalue weighted by molar-refractivity contribution is -0.384. The molecule has 0 spiro atoms. The predicted molar refractivity (Wildman–Crippen MR) is 84.1 cm³/mol. The first-order valence-corrected chi connectivity index (χ1v) is 7.99. The standard InChI is InChI=1S/C16H21N3O3/c20-16(18-12-4-2-1-3-5-12)11-6-9-14(17-13-7-8-13)15(10-11)19(21)22/h6,9-10,12-13,17H,1-5,7-8H2,(H,18,20). The van der Waals surface area contributed by atoms with Crippen molar-refractivity contribution in [1.29, 1.82) is 0 Å². The molecule has 1 amide bonds. The lowest BCUT2D eigenvalue weighted by Crippen LogP contribution is -2.36. The molecule has 2 saturated carbocycles. The monoisotopic (exact) mass is 303 g/mol. The van der Waals surface area contributed by atoms with Gasteiger partial charge < -0.3 is 10.6 Å². The highest BCUT2D eigenvalue weighted by atomic mass is 16.6. The van der Waals surface area contributed by atoms with Crippen LogP contribution in [0.1, 0.15) is 55.3 Å². The number of carbonyl (C=O) groups excluding carboxylic acids is 1. The Hall–Kier alpha value is -2.11. The van der Waals surface area contributed by atoms with Crippen molar-refractivity contribution in [1.82, 2.24) is 5.32 Å². The Balaban J connectivity index is 1.73.